The van der Waals surface area contributed by atoms with Gasteiger partial charge < -0.3 is 5.11 Å². The van der Waals surface area contributed by atoms with Crippen molar-refractivity contribution in [2.24, 2.45) is 0 Å². The smallest absolute Gasteiger partial charge is 0.0446 e. The van der Waals surface area contributed by atoms with Crippen molar-refractivity contribution < 1.29 is 5.11 Å². The Hall–Kier alpha value is -0.120. The second kappa shape index (κ2) is 3.09. The topological polar surface area (TPSA) is 26.7 Å². The molecule has 0 aromatic carbocycles. The third-order valence-corrected chi connectivity index (χ3v) is 2.85. The molecule has 3 aliphatic heterocycles. The van der Waals surface area contributed by atoms with E-state index in [4.69, 9.17) is 5.11 Å². The molecule has 0 aromatic rings. The van der Waals surface area contributed by atoms with Gasteiger partial charge in [0.25, 0.3) is 0 Å². The minimum atomic E-state index is 0.342. The van der Waals surface area contributed by atoms with E-state index in [1.54, 1.807) is 0 Å². The molecule has 1 N–H and O–H groups in total. The van der Waals surface area contributed by atoms with Gasteiger partial charge in [-0.3, -0.25) is 9.80 Å². The number of hydrogen-bond donors (Lipinski definition) is 1. The van der Waals surface area contributed by atoms with Crippen LogP contribution in [0, 0.1) is 0 Å². The number of aliphatic hydroxyl groups excluding tert-OH is 1. The second-order valence-electron chi connectivity index (χ2n) is 3.50. The molecule has 11 heavy (non-hydrogen) atoms. The van der Waals surface area contributed by atoms with Crippen LogP contribution < -0.4 is 0 Å². The van der Waals surface area contributed by atoms with Crippen molar-refractivity contribution in [2.75, 3.05) is 39.3 Å². The van der Waals surface area contributed by atoms with Crippen molar-refractivity contribution in [3.63, 3.8) is 0 Å². The van der Waals surface area contributed by atoms with Gasteiger partial charge in [-0.05, 0) is 6.42 Å². The van der Waals surface area contributed by atoms with Gasteiger partial charge >= 0.3 is 0 Å². The zero-order chi connectivity index (χ0) is 7.68. The molecular formula is C8H16N2O. The predicted octanol–water partition coefficient (Wildman–Crippen LogP) is -0.631. The Bertz CT molecular complexity index is 132. The molecule has 1 atom stereocenters. The van der Waals surface area contributed by atoms with Gasteiger partial charge in [-0.15, -0.1) is 0 Å². The van der Waals surface area contributed by atoms with Gasteiger partial charge in [0.05, 0.1) is 0 Å². The third kappa shape index (κ3) is 1.41. The van der Waals surface area contributed by atoms with Crippen LogP contribution in [0.3, 0.4) is 0 Å². The highest BCUT2D eigenvalue weighted by atomic mass is 16.3. The normalized spacial score (nSPS) is 42.8. The van der Waals surface area contributed by atoms with Crippen molar-refractivity contribution >= 4 is 0 Å². The minimum Gasteiger partial charge on any atom is -0.396 e. The fourth-order valence-electron chi connectivity index (χ4n) is 2.15. The zero-order valence-electron chi connectivity index (χ0n) is 6.87. The van der Waals surface area contributed by atoms with E-state index in [1.807, 2.05) is 0 Å². The molecule has 3 aliphatic rings. The minimum absolute atomic E-state index is 0.342. The highest BCUT2D eigenvalue weighted by Gasteiger charge is 2.30. The van der Waals surface area contributed by atoms with E-state index in [9.17, 15) is 0 Å². The first-order valence-corrected chi connectivity index (χ1v) is 4.47. The summed E-state index contributed by atoms with van der Waals surface area (Å²) in [5.74, 6) is 0. The molecule has 1 unspecified atom stereocenters. The number of fused-ring (bicyclic) bond motifs is 3. The number of aliphatic hydroxyl groups is 1. The molecular weight excluding hydrogens is 140 g/mol. The number of rotatable bonds is 2. The first-order valence-electron chi connectivity index (χ1n) is 4.47. The Morgan fingerprint density at radius 2 is 1.91 bits per heavy atom. The highest BCUT2D eigenvalue weighted by molar-refractivity contribution is 4.87. The largest absolute Gasteiger partial charge is 0.396 e. The third-order valence-electron chi connectivity index (χ3n) is 2.85. The highest BCUT2D eigenvalue weighted by Crippen LogP contribution is 2.17. The molecule has 0 radical (unpaired) electrons. The van der Waals surface area contributed by atoms with E-state index in [0.717, 1.165) is 6.42 Å². The summed E-state index contributed by atoms with van der Waals surface area (Å²) in [5.41, 5.74) is 0. The summed E-state index contributed by atoms with van der Waals surface area (Å²) in [7, 11) is 0. The molecule has 0 saturated carbocycles. The monoisotopic (exact) mass is 156 g/mol. The summed E-state index contributed by atoms with van der Waals surface area (Å²) in [5, 5.41) is 8.80. The predicted molar refractivity (Wildman–Crippen MR) is 43.5 cm³/mol. The van der Waals surface area contributed by atoms with Crippen LogP contribution in [-0.2, 0) is 0 Å². The first kappa shape index (κ1) is 7.53. The van der Waals surface area contributed by atoms with E-state index >= 15 is 0 Å². The fourth-order valence-corrected chi connectivity index (χ4v) is 2.15. The van der Waals surface area contributed by atoms with Crippen LogP contribution in [0.1, 0.15) is 6.42 Å². The van der Waals surface area contributed by atoms with Gasteiger partial charge in [0.2, 0.25) is 0 Å². The fraction of sp³-hybridized carbons (Fsp3) is 1.00. The van der Waals surface area contributed by atoms with E-state index < -0.39 is 0 Å². The lowest BCUT2D eigenvalue weighted by molar-refractivity contribution is 0.00355. The molecule has 2 bridgehead atoms. The van der Waals surface area contributed by atoms with Crippen molar-refractivity contribution in [3.8, 4) is 0 Å². The van der Waals surface area contributed by atoms with Crippen LogP contribution in [0.4, 0.5) is 0 Å². The zero-order valence-corrected chi connectivity index (χ0v) is 6.87. The lowest BCUT2D eigenvalue weighted by atomic mass is 10.1. The molecule has 0 aliphatic carbocycles. The van der Waals surface area contributed by atoms with Crippen LogP contribution in [0.2, 0.25) is 0 Å². The van der Waals surface area contributed by atoms with Crippen molar-refractivity contribution in [2.45, 2.75) is 12.5 Å². The molecule has 3 rings (SSSR count). The average molecular weight is 156 g/mol. The van der Waals surface area contributed by atoms with E-state index in [-0.39, 0.29) is 0 Å². The second-order valence-corrected chi connectivity index (χ2v) is 3.50. The summed E-state index contributed by atoms with van der Waals surface area (Å²) < 4.78 is 0. The molecule has 0 amide bonds. The number of nitrogens with zero attached hydrogens (tertiary/aromatic N) is 2. The molecule has 64 valence electrons. The summed E-state index contributed by atoms with van der Waals surface area (Å²) in [6, 6.07) is 0.641. The summed E-state index contributed by atoms with van der Waals surface area (Å²) >= 11 is 0. The van der Waals surface area contributed by atoms with Crippen LogP contribution in [0.5, 0.6) is 0 Å². The average Bonchev–Trinajstić information content (AvgIpc) is 2.07. The lowest BCUT2D eigenvalue weighted by Crippen LogP contribution is -2.61. The lowest BCUT2D eigenvalue weighted by Gasteiger charge is -2.47. The van der Waals surface area contributed by atoms with Gasteiger partial charge in [0.1, 0.15) is 0 Å². The Morgan fingerprint density at radius 1 is 1.18 bits per heavy atom. The molecule has 3 nitrogen and oxygen atoms in total. The summed E-state index contributed by atoms with van der Waals surface area (Å²) in [4.78, 5) is 5.01. The molecule has 3 saturated heterocycles. The quantitative estimate of drug-likeness (QED) is 0.576. The SMILES string of the molecule is OCCC1CN2CCN1CC2. The van der Waals surface area contributed by atoms with Crippen molar-refractivity contribution in [1.82, 2.24) is 9.80 Å². The van der Waals surface area contributed by atoms with E-state index in [2.05, 4.69) is 9.80 Å². The Balaban J connectivity index is 1.92. The number of piperazine rings is 3. The Morgan fingerprint density at radius 3 is 2.36 bits per heavy atom. The Labute approximate surface area is 67.6 Å². The molecule has 0 aromatic heterocycles. The number of hydrogen-bond acceptors (Lipinski definition) is 3. The van der Waals surface area contributed by atoms with Gasteiger partial charge in [-0.25, -0.2) is 0 Å². The molecule has 3 fully saturated rings. The van der Waals surface area contributed by atoms with Crippen LogP contribution in [0.15, 0.2) is 0 Å². The van der Waals surface area contributed by atoms with Crippen LogP contribution in [0.25, 0.3) is 0 Å². The maximum Gasteiger partial charge on any atom is 0.0446 e. The van der Waals surface area contributed by atoms with Gasteiger partial charge in [-0.2, -0.15) is 0 Å². The van der Waals surface area contributed by atoms with Gasteiger partial charge in [0.15, 0.2) is 0 Å². The summed E-state index contributed by atoms with van der Waals surface area (Å²) in [6.07, 6.45) is 0.955. The Kier molecular flexibility index (Phi) is 2.11. The first-order chi connectivity index (χ1) is 5.40. The maximum atomic E-state index is 8.80. The molecule has 0 spiro atoms. The van der Waals surface area contributed by atoms with Crippen LogP contribution >= 0.6 is 0 Å². The van der Waals surface area contributed by atoms with Crippen LogP contribution in [-0.4, -0.2) is 60.3 Å². The van der Waals surface area contributed by atoms with E-state index in [0.29, 0.717) is 12.6 Å². The van der Waals surface area contributed by atoms with Gasteiger partial charge in [0, 0.05) is 45.4 Å². The van der Waals surface area contributed by atoms with Crippen molar-refractivity contribution in [3.05, 3.63) is 0 Å². The van der Waals surface area contributed by atoms with Crippen molar-refractivity contribution in [1.29, 1.82) is 0 Å². The summed E-state index contributed by atoms with van der Waals surface area (Å²) in [6.45, 7) is 6.43. The molecule has 3 heterocycles. The van der Waals surface area contributed by atoms with E-state index in [1.165, 1.54) is 32.7 Å². The molecule has 3 heteroatoms. The standard InChI is InChI=1S/C8H16N2O/c11-6-1-8-7-9-2-4-10(8)5-3-9/h8,11H,1-7H2. The van der Waals surface area contributed by atoms with Gasteiger partial charge in [-0.1, -0.05) is 0 Å². The maximum absolute atomic E-state index is 8.80.